The summed E-state index contributed by atoms with van der Waals surface area (Å²) in [6, 6.07) is -0.435. The van der Waals surface area contributed by atoms with Crippen molar-refractivity contribution in [3.05, 3.63) is 0 Å². The maximum atomic E-state index is 10.8. The van der Waals surface area contributed by atoms with Crippen molar-refractivity contribution in [2.24, 2.45) is 5.92 Å². The Labute approximate surface area is 85.3 Å². The van der Waals surface area contributed by atoms with Gasteiger partial charge in [0.2, 0.25) is 0 Å². The summed E-state index contributed by atoms with van der Waals surface area (Å²) < 4.78 is 0. The lowest BCUT2D eigenvalue weighted by Crippen LogP contribution is -2.45. The van der Waals surface area contributed by atoms with Crippen molar-refractivity contribution in [1.29, 1.82) is 0 Å². The smallest absolute Gasteiger partial charge is 0.320 e. The Morgan fingerprint density at radius 2 is 2.00 bits per heavy atom. The SMILES string of the molecule is CCC(NC(CCO)C(C)C)C(=O)O. The van der Waals surface area contributed by atoms with Crippen molar-refractivity contribution in [2.45, 2.75) is 45.7 Å². The van der Waals surface area contributed by atoms with Crippen molar-refractivity contribution in [1.82, 2.24) is 5.32 Å². The molecule has 84 valence electrons. The molecule has 14 heavy (non-hydrogen) atoms. The highest BCUT2D eigenvalue weighted by molar-refractivity contribution is 5.73. The fourth-order valence-electron chi connectivity index (χ4n) is 1.37. The summed E-state index contributed by atoms with van der Waals surface area (Å²) in [5.41, 5.74) is 0. The van der Waals surface area contributed by atoms with Gasteiger partial charge in [-0.25, -0.2) is 0 Å². The van der Waals surface area contributed by atoms with Crippen molar-refractivity contribution >= 4 is 5.97 Å². The Bertz CT molecular complexity index is 171. The van der Waals surface area contributed by atoms with E-state index in [2.05, 4.69) is 5.32 Å². The van der Waals surface area contributed by atoms with Crippen LogP contribution in [0.1, 0.15) is 33.6 Å². The molecule has 0 aliphatic rings. The molecule has 0 rings (SSSR count). The zero-order valence-corrected chi connectivity index (χ0v) is 9.16. The maximum absolute atomic E-state index is 10.8. The quantitative estimate of drug-likeness (QED) is 0.573. The maximum Gasteiger partial charge on any atom is 0.320 e. The van der Waals surface area contributed by atoms with Crippen LogP contribution in [0.25, 0.3) is 0 Å². The minimum atomic E-state index is -0.823. The number of aliphatic hydroxyl groups excluding tert-OH is 1. The van der Waals surface area contributed by atoms with E-state index in [4.69, 9.17) is 10.2 Å². The Kier molecular flexibility index (Phi) is 6.49. The van der Waals surface area contributed by atoms with Crippen LogP contribution >= 0.6 is 0 Å². The third-order valence-electron chi connectivity index (χ3n) is 2.37. The molecule has 0 aromatic heterocycles. The van der Waals surface area contributed by atoms with Crippen LogP contribution in [0.5, 0.6) is 0 Å². The lowest BCUT2D eigenvalue weighted by Gasteiger charge is -2.25. The van der Waals surface area contributed by atoms with Gasteiger partial charge in [0.05, 0.1) is 0 Å². The molecule has 0 heterocycles. The van der Waals surface area contributed by atoms with Crippen molar-refractivity contribution in [3.63, 3.8) is 0 Å². The molecule has 2 unspecified atom stereocenters. The number of aliphatic hydroxyl groups is 1. The Morgan fingerprint density at radius 1 is 1.43 bits per heavy atom. The van der Waals surface area contributed by atoms with E-state index in [1.165, 1.54) is 0 Å². The van der Waals surface area contributed by atoms with Crippen LogP contribution in [-0.4, -0.2) is 34.9 Å². The Hall–Kier alpha value is -0.610. The molecule has 0 bridgehead atoms. The summed E-state index contributed by atoms with van der Waals surface area (Å²) in [5, 5.41) is 20.7. The van der Waals surface area contributed by atoms with E-state index in [9.17, 15) is 4.79 Å². The summed E-state index contributed by atoms with van der Waals surface area (Å²) in [7, 11) is 0. The van der Waals surface area contributed by atoms with Gasteiger partial charge in [-0.05, 0) is 18.8 Å². The predicted molar refractivity (Wildman–Crippen MR) is 55.2 cm³/mol. The number of carbonyl (C=O) groups is 1. The predicted octanol–water partition coefficient (Wildman–Crippen LogP) is 0.846. The van der Waals surface area contributed by atoms with Crippen molar-refractivity contribution in [2.75, 3.05) is 6.61 Å². The molecular weight excluding hydrogens is 182 g/mol. The van der Waals surface area contributed by atoms with Gasteiger partial charge in [-0.15, -0.1) is 0 Å². The lowest BCUT2D eigenvalue weighted by atomic mass is 10.00. The lowest BCUT2D eigenvalue weighted by molar-refractivity contribution is -0.139. The summed E-state index contributed by atoms with van der Waals surface area (Å²) in [6.45, 7) is 5.96. The van der Waals surface area contributed by atoms with E-state index in [1.54, 1.807) is 0 Å². The van der Waals surface area contributed by atoms with Crippen LogP contribution in [0.2, 0.25) is 0 Å². The number of nitrogens with one attached hydrogen (secondary N) is 1. The van der Waals surface area contributed by atoms with Gasteiger partial charge in [0.15, 0.2) is 0 Å². The molecule has 0 amide bonds. The summed E-state index contributed by atoms with van der Waals surface area (Å²) in [4.78, 5) is 10.8. The van der Waals surface area contributed by atoms with E-state index in [0.717, 1.165) is 0 Å². The van der Waals surface area contributed by atoms with Gasteiger partial charge in [-0.1, -0.05) is 20.8 Å². The first-order chi connectivity index (χ1) is 6.52. The first-order valence-corrected chi connectivity index (χ1v) is 5.12. The van der Waals surface area contributed by atoms with Crippen molar-refractivity contribution < 1.29 is 15.0 Å². The number of carboxylic acids is 1. The number of hydrogen-bond acceptors (Lipinski definition) is 3. The van der Waals surface area contributed by atoms with Crippen LogP contribution in [0.3, 0.4) is 0 Å². The Morgan fingerprint density at radius 3 is 2.29 bits per heavy atom. The van der Waals surface area contributed by atoms with E-state index in [1.807, 2.05) is 20.8 Å². The average molecular weight is 203 g/mol. The van der Waals surface area contributed by atoms with Crippen LogP contribution in [0, 0.1) is 5.92 Å². The molecule has 0 saturated carbocycles. The monoisotopic (exact) mass is 203 g/mol. The molecule has 0 aliphatic carbocycles. The third-order valence-corrected chi connectivity index (χ3v) is 2.37. The van der Waals surface area contributed by atoms with E-state index < -0.39 is 12.0 Å². The zero-order valence-electron chi connectivity index (χ0n) is 9.16. The molecule has 2 atom stereocenters. The van der Waals surface area contributed by atoms with Gasteiger partial charge < -0.3 is 15.5 Å². The van der Waals surface area contributed by atoms with Crippen LogP contribution < -0.4 is 5.32 Å². The van der Waals surface area contributed by atoms with E-state index >= 15 is 0 Å². The second-order valence-corrected chi connectivity index (χ2v) is 3.83. The minimum Gasteiger partial charge on any atom is -0.480 e. The highest BCUT2D eigenvalue weighted by Crippen LogP contribution is 2.07. The van der Waals surface area contributed by atoms with Crippen molar-refractivity contribution in [3.8, 4) is 0 Å². The van der Waals surface area contributed by atoms with Gasteiger partial charge in [0.1, 0.15) is 6.04 Å². The molecular formula is C10H21NO3. The second kappa shape index (κ2) is 6.79. The molecule has 0 spiro atoms. The first kappa shape index (κ1) is 13.4. The molecule has 0 aromatic rings. The summed E-state index contributed by atoms with van der Waals surface area (Å²) in [6.07, 6.45) is 1.16. The van der Waals surface area contributed by atoms with E-state index in [-0.39, 0.29) is 12.6 Å². The fourth-order valence-corrected chi connectivity index (χ4v) is 1.37. The summed E-state index contributed by atoms with van der Waals surface area (Å²) in [5.74, 6) is -0.494. The minimum absolute atomic E-state index is 0.0704. The van der Waals surface area contributed by atoms with Gasteiger partial charge in [0.25, 0.3) is 0 Å². The molecule has 4 heteroatoms. The van der Waals surface area contributed by atoms with Gasteiger partial charge in [-0.2, -0.15) is 0 Å². The highest BCUT2D eigenvalue weighted by atomic mass is 16.4. The average Bonchev–Trinajstić information content (AvgIpc) is 2.11. The van der Waals surface area contributed by atoms with Gasteiger partial charge in [0, 0.05) is 12.6 Å². The molecule has 3 N–H and O–H groups in total. The topological polar surface area (TPSA) is 69.6 Å². The summed E-state index contributed by atoms with van der Waals surface area (Å²) >= 11 is 0. The molecule has 0 aliphatic heterocycles. The standard InChI is InChI=1S/C10H21NO3/c1-4-8(10(13)14)11-9(5-6-12)7(2)3/h7-9,11-12H,4-6H2,1-3H3,(H,13,14). The van der Waals surface area contributed by atoms with E-state index in [0.29, 0.717) is 18.8 Å². The fraction of sp³-hybridized carbons (Fsp3) is 0.900. The largest absolute Gasteiger partial charge is 0.480 e. The van der Waals surface area contributed by atoms with Crippen LogP contribution in [0.15, 0.2) is 0 Å². The molecule has 0 radical (unpaired) electrons. The molecule has 0 fully saturated rings. The number of aliphatic carboxylic acids is 1. The Balaban J connectivity index is 4.18. The highest BCUT2D eigenvalue weighted by Gasteiger charge is 2.21. The third kappa shape index (κ3) is 4.58. The second-order valence-electron chi connectivity index (χ2n) is 3.83. The van der Waals surface area contributed by atoms with Crippen LogP contribution in [0.4, 0.5) is 0 Å². The molecule has 0 aromatic carbocycles. The van der Waals surface area contributed by atoms with Gasteiger partial charge in [-0.3, -0.25) is 4.79 Å². The number of rotatable bonds is 7. The van der Waals surface area contributed by atoms with Crippen LogP contribution in [-0.2, 0) is 4.79 Å². The number of hydrogen-bond donors (Lipinski definition) is 3. The molecule has 0 saturated heterocycles. The molecule has 4 nitrogen and oxygen atoms in total. The number of carboxylic acid groups (broad SMARTS) is 1. The normalized spacial score (nSPS) is 15.5. The van der Waals surface area contributed by atoms with Gasteiger partial charge >= 0.3 is 5.97 Å². The zero-order chi connectivity index (χ0) is 11.1. The first-order valence-electron chi connectivity index (χ1n) is 5.12.